The first kappa shape index (κ1) is 17.5. The molecular weight excluding hydrogens is 349 g/mol. The number of sulfonamides is 1. The fourth-order valence-electron chi connectivity index (χ4n) is 2.43. The normalized spacial score (nSPS) is 19.0. The van der Waals surface area contributed by atoms with E-state index in [4.69, 9.17) is 28.9 Å². The van der Waals surface area contributed by atoms with Gasteiger partial charge in [-0.3, -0.25) is 4.79 Å². The van der Waals surface area contributed by atoms with E-state index in [1.165, 1.54) is 22.5 Å². The summed E-state index contributed by atoms with van der Waals surface area (Å²) in [6.45, 7) is 3.47. The Morgan fingerprint density at radius 2 is 1.86 bits per heavy atom. The molecular formula is C13H18Cl2N3O3S+. The molecule has 0 bridgehead atoms. The molecule has 0 aromatic heterocycles. The van der Waals surface area contributed by atoms with Crippen molar-refractivity contribution in [3.63, 3.8) is 0 Å². The SMILES string of the molecule is C[C@@H](C(N)=O)[NH+]1CCN(S(=O)(=O)c2ccc(Cl)c(Cl)c2)CC1. The summed E-state index contributed by atoms with van der Waals surface area (Å²) in [7, 11) is -3.61. The number of nitrogens with zero attached hydrogens (tertiary/aromatic N) is 1. The van der Waals surface area contributed by atoms with Crippen LogP contribution in [0.5, 0.6) is 0 Å². The van der Waals surface area contributed by atoms with E-state index >= 15 is 0 Å². The van der Waals surface area contributed by atoms with Gasteiger partial charge in [-0.05, 0) is 25.1 Å². The van der Waals surface area contributed by atoms with Crippen LogP contribution >= 0.6 is 23.2 Å². The third-order valence-electron chi connectivity index (χ3n) is 3.93. The zero-order valence-electron chi connectivity index (χ0n) is 12.1. The monoisotopic (exact) mass is 366 g/mol. The van der Waals surface area contributed by atoms with Gasteiger partial charge in [0.25, 0.3) is 5.91 Å². The van der Waals surface area contributed by atoms with Crippen molar-refractivity contribution in [1.82, 2.24) is 4.31 Å². The van der Waals surface area contributed by atoms with Crippen LogP contribution in [0.3, 0.4) is 0 Å². The van der Waals surface area contributed by atoms with Gasteiger partial charge in [0, 0.05) is 0 Å². The molecule has 2 rings (SSSR count). The Kier molecular flexibility index (Phi) is 5.34. The van der Waals surface area contributed by atoms with Crippen LogP contribution in [-0.4, -0.2) is 50.9 Å². The molecule has 1 aromatic carbocycles. The first-order chi connectivity index (χ1) is 10.2. The summed E-state index contributed by atoms with van der Waals surface area (Å²) in [6.07, 6.45) is 0. The predicted octanol–water partition coefficient (Wildman–Crippen LogP) is -0.244. The number of carbonyl (C=O) groups excluding carboxylic acids is 1. The number of benzene rings is 1. The maximum atomic E-state index is 12.6. The van der Waals surface area contributed by atoms with Crippen LogP contribution < -0.4 is 10.6 Å². The molecule has 1 atom stereocenters. The predicted molar refractivity (Wildman–Crippen MR) is 84.6 cm³/mol. The minimum absolute atomic E-state index is 0.119. The standard InChI is InChI=1S/C13H17Cl2N3O3S/c1-9(13(16)19)17-4-6-18(7-5-17)22(20,21)10-2-3-11(14)12(15)8-10/h2-3,8-9H,4-7H2,1H3,(H2,16,19)/p+1/t9-/m0/s1. The van der Waals surface area contributed by atoms with E-state index < -0.39 is 10.0 Å². The topological polar surface area (TPSA) is 84.9 Å². The molecule has 0 radical (unpaired) electrons. The first-order valence-electron chi connectivity index (χ1n) is 6.82. The third-order valence-corrected chi connectivity index (χ3v) is 6.57. The number of hydrogen-bond donors (Lipinski definition) is 2. The van der Waals surface area contributed by atoms with Gasteiger partial charge in [0.15, 0.2) is 6.04 Å². The fourth-order valence-corrected chi connectivity index (χ4v) is 4.27. The number of rotatable bonds is 4. The molecule has 0 aliphatic carbocycles. The lowest BCUT2D eigenvalue weighted by Crippen LogP contribution is -3.19. The number of halogens is 2. The molecule has 1 amide bonds. The quantitative estimate of drug-likeness (QED) is 0.770. The van der Waals surface area contributed by atoms with Gasteiger partial charge in [-0.2, -0.15) is 4.31 Å². The second-order valence-corrected chi connectivity index (χ2v) is 8.01. The minimum atomic E-state index is -3.61. The molecule has 0 unspecified atom stereocenters. The molecule has 1 saturated heterocycles. The first-order valence-corrected chi connectivity index (χ1v) is 9.02. The van der Waals surface area contributed by atoms with Crippen molar-refractivity contribution < 1.29 is 18.1 Å². The van der Waals surface area contributed by atoms with Crippen molar-refractivity contribution in [3.8, 4) is 0 Å². The van der Waals surface area contributed by atoms with Crippen LogP contribution in [-0.2, 0) is 14.8 Å². The van der Waals surface area contributed by atoms with Gasteiger partial charge in [0.05, 0.1) is 41.1 Å². The second kappa shape index (κ2) is 6.72. The Labute approximate surface area is 139 Å². The van der Waals surface area contributed by atoms with E-state index in [-0.39, 0.29) is 21.9 Å². The molecule has 1 aliphatic rings. The number of primary amides is 1. The van der Waals surface area contributed by atoms with E-state index in [1.807, 2.05) is 0 Å². The lowest BCUT2D eigenvalue weighted by atomic mass is 10.2. The molecule has 1 aromatic rings. The average Bonchev–Trinajstić information content (AvgIpc) is 2.49. The Hall–Kier alpha value is -0.860. The summed E-state index contributed by atoms with van der Waals surface area (Å²) in [5.74, 6) is -0.379. The van der Waals surface area contributed by atoms with Crippen molar-refractivity contribution in [1.29, 1.82) is 0 Å². The Bertz CT molecular complexity index is 673. The highest BCUT2D eigenvalue weighted by molar-refractivity contribution is 7.89. The number of piperazine rings is 1. The van der Waals surface area contributed by atoms with Crippen molar-refractivity contribution in [3.05, 3.63) is 28.2 Å². The van der Waals surface area contributed by atoms with E-state index in [9.17, 15) is 13.2 Å². The van der Waals surface area contributed by atoms with E-state index in [0.29, 0.717) is 31.2 Å². The zero-order chi connectivity index (χ0) is 16.5. The van der Waals surface area contributed by atoms with Crippen LogP contribution in [0.1, 0.15) is 6.92 Å². The highest BCUT2D eigenvalue weighted by Crippen LogP contribution is 2.26. The number of amides is 1. The van der Waals surface area contributed by atoms with Gasteiger partial charge >= 0.3 is 0 Å². The molecule has 0 saturated carbocycles. The van der Waals surface area contributed by atoms with Crippen molar-refractivity contribution in [2.75, 3.05) is 26.2 Å². The maximum absolute atomic E-state index is 12.6. The van der Waals surface area contributed by atoms with Crippen LogP contribution in [0.4, 0.5) is 0 Å². The van der Waals surface area contributed by atoms with Gasteiger partial charge in [-0.25, -0.2) is 8.42 Å². The summed E-state index contributed by atoms with van der Waals surface area (Å²) >= 11 is 11.7. The lowest BCUT2D eigenvalue weighted by Gasteiger charge is -2.33. The summed E-state index contributed by atoms with van der Waals surface area (Å²) in [5, 5.41) is 0.513. The molecule has 3 N–H and O–H groups in total. The van der Waals surface area contributed by atoms with Gasteiger partial charge in [-0.15, -0.1) is 0 Å². The Morgan fingerprint density at radius 1 is 1.27 bits per heavy atom. The minimum Gasteiger partial charge on any atom is -0.365 e. The largest absolute Gasteiger partial charge is 0.365 e. The molecule has 6 nitrogen and oxygen atoms in total. The smallest absolute Gasteiger partial charge is 0.275 e. The second-order valence-electron chi connectivity index (χ2n) is 5.26. The third kappa shape index (κ3) is 3.55. The highest BCUT2D eigenvalue weighted by Gasteiger charge is 2.33. The van der Waals surface area contributed by atoms with Crippen molar-refractivity contribution in [2.45, 2.75) is 17.9 Å². The lowest BCUT2D eigenvalue weighted by molar-refractivity contribution is -0.917. The number of carbonyl (C=O) groups is 1. The van der Waals surface area contributed by atoms with Gasteiger partial charge in [0.2, 0.25) is 10.0 Å². The Balaban J connectivity index is 2.12. The van der Waals surface area contributed by atoms with Crippen molar-refractivity contribution >= 4 is 39.1 Å². The number of nitrogens with two attached hydrogens (primary N) is 1. The summed E-state index contributed by atoms with van der Waals surface area (Å²) < 4.78 is 26.6. The van der Waals surface area contributed by atoms with Gasteiger partial charge in [-0.1, -0.05) is 23.2 Å². The number of nitrogens with one attached hydrogen (secondary N) is 1. The van der Waals surface area contributed by atoms with Gasteiger partial charge < -0.3 is 10.6 Å². The summed E-state index contributed by atoms with van der Waals surface area (Å²) in [6, 6.07) is 3.93. The van der Waals surface area contributed by atoms with Crippen molar-refractivity contribution in [2.24, 2.45) is 5.73 Å². The van der Waals surface area contributed by atoms with E-state index in [2.05, 4.69) is 0 Å². The molecule has 1 fully saturated rings. The van der Waals surface area contributed by atoms with E-state index in [0.717, 1.165) is 4.90 Å². The molecule has 0 spiro atoms. The fraction of sp³-hybridized carbons (Fsp3) is 0.462. The van der Waals surface area contributed by atoms with E-state index in [1.54, 1.807) is 6.92 Å². The molecule has 22 heavy (non-hydrogen) atoms. The summed E-state index contributed by atoms with van der Waals surface area (Å²) in [4.78, 5) is 12.3. The number of quaternary nitrogens is 1. The van der Waals surface area contributed by atoms with Crippen LogP contribution in [0.15, 0.2) is 23.1 Å². The number of hydrogen-bond acceptors (Lipinski definition) is 3. The van der Waals surface area contributed by atoms with Gasteiger partial charge in [0.1, 0.15) is 0 Å². The zero-order valence-corrected chi connectivity index (χ0v) is 14.4. The summed E-state index contributed by atoms with van der Waals surface area (Å²) in [5.41, 5.74) is 5.29. The average molecular weight is 367 g/mol. The maximum Gasteiger partial charge on any atom is 0.275 e. The molecule has 1 heterocycles. The molecule has 1 aliphatic heterocycles. The molecule has 122 valence electrons. The van der Waals surface area contributed by atoms with Crippen LogP contribution in [0.25, 0.3) is 0 Å². The van der Waals surface area contributed by atoms with Crippen LogP contribution in [0, 0.1) is 0 Å². The highest BCUT2D eigenvalue weighted by atomic mass is 35.5. The Morgan fingerprint density at radius 3 is 2.36 bits per heavy atom. The van der Waals surface area contributed by atoms with Crippen LogP contribution in [0.2, 0.25) is 10.0 Å². The molecule has 9 heteroatoms.